The van der Waals surface area contributed by atoms with Crippen molar-refractivity contribution in [1.29, 1.82) is 0 Å². The molecule has 1 aliphatic rings. The molecule has 6 heteroatoms. The van der Waals surface area contributed by atoms with Gasteiger partial charge in [0.15, 0.2) is 5.60 Å². The second-order valence-electron chi connectivity index (χ2n) is 3.01. The molecule has 0 bridgehead atoms. The minimum absolute atomic E-state index is 0.184. The van der Waals surface area contributed by atoms with Gasteiger partial charge < -0.3 is 21.2 Å². The lowest BCUT2D eigenvalue weighted by atomic mass is 9.91. The third-order valence-electron chi connectivity index (χ3n) is 2.02. The molecule has 1 rings (SSSR count). The summed E-state index contributed by atoms with van der Waals surface area (Å²) in [4.78, 5) is 0. The summed E-state index contributed by atoms with van der Waals surface area (Å²) in [6.07, 6.45) is 3.39. The maximum atomic E-state index is 13.2. The number of nitrogens with two attached hydrogens (primary N) is 1. The van der Waals surface area contributed by atoms with Crippen molar-refractivity contribution in [2.24, 2.45) is 16.8 Å². The highest BCUT2D eigenvalue weighted by Gasteiger charge is 2.33. The molecule has 0 radical (unpaired) electrons. The summed E-state index contributed by atoms with van der Waals surface area (Å²) in [6, 6.07) is 0. The van der Waals surface area contributed by atoms with Crippen LogP contribution >= 0.6 is 0 Å². The Balaban J connectivity index is 2.92. The van der Waals surface area contributed by atoms with E-state index in [2.05, 4.69) is 5.16 Å². The van der Waals surface area contributed by atoms with Gasteiger partial charge in [-0.1, -0.05) is 11.2 Å². The van der Waals surface area contributed by atoms with Crippen molar-refractivity contribution >= 4 is 5.84 Å². The first-order valence-corrected chi connectivity index (χ1v) is 3.91. The van der Waals surface area contributed by atoms with Crippen molar-refractivity contribution in [3.63, 3.8) is 0 Å². The molecule has 0 fully saturated rings. The fourth-order valence-corrected chi connectivity index (χ4v) is 1.08. The van der Waals surface area contributed by atoms with Gasteiger partial charge in [0, 0.05) is 0 Å². The standard InChI is InChI=1S/C8H11FN2O3/c9-6-3-5(7(10)11-14)1-2-8(6,13)4-12/h1-3,5,12-14H,4H2,(H2,10,11). The zero-order chi connectivity index (χ0) is 10.8. The number of amidine groups is 1. The van der Waals surface area contributed by atoms with Gasteiger partial charge in [0.25, 0.3) is 0 Å². The van der Waals surface area contributed by atoms with Gasteiger partial charge >= 0.3 is 0 Å². The Morgan fingerprint density at radius 2 is 2.36 bits per heavy atom. The van der Waals surface area contributed by atoms with E-state index in [1.807, 2.05) is 0 Å². The van der Waals surface area contributed by atoms with Gasteiger partial charge in [-0.25, -0.2) is 4.39 Å². The molecular weight excluding hydrogens is 191 g/mol. The molecule has 0 heterocycles. The van der Waals surface area contributed by atoms with Crippen molar-refractivity contribution in [2.45, 2.75) is 5.60 Å². The van der Waals surface area contributed by atoms with E-state index in [1.165, 1.54) is 6.08 Å². The quantitative estimate of drug-likeness (QED) is 0.159. The van der Waals surface area contributed by atoms with E-state index in [1.54, 1.807) is 0 Å². The Hall–Kier alpha value is -1.40. The van der Waals surface area contributed by atoms with Crippen LogP contribution < -0.4 is 5.73 Å². The minimum Gasteiger partial charge on any atom is -0.409 e. The van der Waals surface area contributed by atoms with Crippen LogP contribution in [-0.4, -0.2) is 33.5 Å². The molecular formula is C8H11FN2O3. The zero-order valence-electron chi connectivity index (χ0n) is 7.26. The number of oxime groups is 1. The van der Waals surface area contributed by atoms with Crippen molar-refractivity contribution in [3.8, 4) is 0 Å². The molecule has 0 aromatic carbocycles. The topological polar surface area (TPSA) is 99.1 Å². The van der Waals surface area contributed by atoms with E-state index in [4.69, 9.17) is 16.0 Å². The molecule has 2 unspecified atom stereocenters. The monoisotopic (exact) mass is 202 g/mol. The summed E-state index contributed by atoms with van der Waals surface area (Å²) < 4.78 is 13.2. The average molecular weight is 202 g/mol. The van der Waals surface area contributed by atoms with E-state index < -0.39 is 24.0 Å². The number of halogens is 1. The summed E-state index contributed by atoms with van der Waals surface area (Å²) in [5.41, 5.74) is 3.25. The largest absolute Gasteiger partial charge is 0.409 e. The number of aliphatic hydroxyl groups is 2. The van der Waals surface area contributed by atoms with Crippen molar-refractivity contribution in [3.05, 3.63) is 24.1 Å². The van der Waals surface area contributed by atoms with E-state index in [9.17, 15) is 9.50 Å². The minimum atomic E-state index is -1.98. The highest BCUT2D eigenvalue weighted by molar-refractivity contribution is 5.86. The average Bonchev–Trinajstić information content (AvgIpc) is 2.21. The lowest BCUT2D eigenvalue weighted by Gasteiger charge is -2.25. The Morgan fingerprint density at radius 3 is 2.79 bits per heavy atom. The Bertz CT molecular complexity index is 314. The summed E-state index contributed by atoms with van der Waals surface area (Å²) in [5.74, 6) is -1.80. The van der Waals surface area contributed by atoms with Gasteiger partial charge in [-0.05, 0) is 12.2 Å². The maximum Gasteiger partial charge on any atom is 0.156 e. The Kier molecular flexibility index (Phi) is 2.87. The van der Waals surface area contributed by atoms with Crippen LogP contribution in [0.3, 0.4) is 0 Å². The van der Waals surface area contributed by atoms with Crippen LogP contribution in [0.1, 0.15) is 0 Å². The lowest BCUT2D eigenvalue weighted by Crippen LogP contribution is -2.36. The summed E-state index contributed by atoms with van der Waals surface area (Å²) in [7, 11) is 0. The SMILES string of the molecule is N/C(=N\O)C1C=CC(O)(CO)C(F)=C1. The number of aliphatic hydroxyl groups excluding tert-OH is 1. The Labute approximate surface area is 79.6 Å². The van der Waals surface area contributed by atoms with Crippen LogP contribution in [0.25, 0.3) is 0 Å². The van der Waals surface area contributed by atoms with E-state index in [-0.39, 0.29) is 5.84 Å². The maximum absolute atomic E-state index is 13.2. The van der Waals surface area contributed by atoms with Gasteiger partial charge in [-0.3, -0.25) is 0 Å². The second kappa shape index (κ2) is 3.77. The highest BCUT2D eigenvalue weighted by Crippen LogP contribution is 2.26. The van der Waals surface area contributed by atoms with Crippen molar-refractivity contribution in [2.75, 3.05) is 6.61 Å². The Morgan fingerprint density at radius 1 is 1.71 bits per heavy atom. The second-order valence-corrected chi connectivity index (χ2v) is 3.01. The number of hydrogen-bond donors (Lipinski definition) is 4. The summed E-state index contributed by atoms with van der Waals surface area (Å²) in [6.45, 7) is -0.755. The van der Waals surface area contributed by atoms with Crippen LogP contribution in [0.15, 0.2) is 29.2 Å². The van der Waals surface area contributed by atoms with Gasteiger partial charge in [0.2, 0.25) is 0 Å². The molecule has 14 heavy (non-hydrogen) atoms. The van der Waals surface area contributed by atoms with Gasteiger partial charge in [0.05, 0.1) is 12.5 Å². The molecule has 0 spiro atoms. The van der Waals surface area contributed by atoms with Gasteiger partial charge in [-0.2, -0.15) is 0 Å². The van der Waals surface area contributed by atoms with Crippen LogP contribution in [0.4, 0.5) is 4.39 Å². The first-order valence-electron chi connectivity index (χ1n) is 3.91. The molecule has 78 valence electrons. The third-order valence-corrected chi connectivity index (χ3v) is 2.02. The molecule has 5 N–H and O–H groups in total. The molecule has 0 aromatic heterocycles. The summed E-state index contributed by atoms with van der Waals surface area (Å²) in [5, 5.41) is 29.1. The first kappa shape index (κ1) is 10.7. The number of rotatable bonds is 2. The third kappa shape index (κ3) is 1.75. The molecule has 0 aromatic rings. The number of hydrogen-bond acceptors (Lipinski definition) is 4. The van der Waals surface area contributed by atoms with Crippen LogP contribution in [-0.2, 0) is 0 Å². The molecule has 0 aliphatic heterocycles. The van der Waals surface area contributed by atoms with Gasteiger partial charge in [-0.15, -0.1) is 0 Å². The van der Waals surface area contributed by atoms with E-state index in [0.717, 1.165) is 12.2 Å². The van der Waals surface area contributed by atoms with Crippen LogP contribution in [0, 0.1) is 5.92 Å². The highest BCUT2D eigenvalue weighted by atomic mass is 19.1. The summed E-state index contributed by atoms with van der Waals surface area (Å²) >= 11 is 0. The molecule has 0 amide bonds. The number of nitrogens with zero attached hydrogens (tertiary/aromatic N) is 1. The van der Waals surface area contributed by atoms with Crippen molar-refractivity contribution < 1.29 is 19.8 Å². The molecule has 1 aliphatic carbocycles. The lowest BCUT2D eigenvalue weighted by molar-refractivity contribution is 0.0377. The van der Waals surface area contributed by atoms with E-state index >= 15 is 0 Å². The fourth-order valence-electron chi connectivity index (χ4n) is 1.08. The molecule has 5 nitrogen and oxygen atoms in total. The molecule has 0 saturated carbocycles. The predicted octanol–water partition coefficient (Wildman–Crippen LogP) is -0.504. The normalized spacial score (nSPS) is 32.9. The van der Waals surface area contributed by atoms with Crippen LogP contribution in [0.2, 0.25) is 0 Å². The predicted molar refractivity (Wildman–Crippen MR) is 47.3 cm³/mol. The smallest absolute Gasteiger partial charge is 0.156 e. The van der Waals surface area contributed by atoms with Crippen molar-refractivity contribution in [1.82, 2.24) is 0 Å². The molecule has 0 saturated heterocycles. The van der Waals surface area contributed by atoms with E-state index in [0.29, 0.717) is 0 Å². The van der Waals surface area contributed by atoms with Crippen LogP contribution in [0.5, 0.6) is 0 Å². The molecule has 2 atom stereocenters. The fraction of sp³-hybridized carbons (Fsp3) is 0.375. The van der Waals surface area contributed by atoms with Gasteiger partial charge in [0.1, 0.15) is 11.7 Å². The zero-order valence-corrected chi connectivity index (χ0v) is 7.26. The first-order chi connectivity index (χ1) is 6.53.